The number of carbonyl (C=O) groups is 3. The van der Waals surface area contributed by atoms with Crippen LogP contribution >= 0.6 is 12.2 Å². The van der Waals surface area contributed by atoms with Gasteiger partial charge in [0.05, 0.1) is 24.1 Å². The summed E-state index contributed by atoms with van der Waals surface area (Å²) < 4.78 is 5.99. The van der Waals surface area contributed by atoms with Crippen LogP contribution in [0, 0.1) is 5.41 Å². The average Bonchev–Trinajstić information content (AvgIpc) is 3.10. The largest absolute Gasteiger partial charge is 0.387 e. The molecule has 3 N–H and O–H groups in total. The second-order valence-corrected chi connectivity index (χ2v) is 9.82. The monoisotopic (exact) mass is 425 g/mol. The second kappa shape index (κ2) is 5.75. The van der Waals surface area contributed by atoms with E-state index in [2.05, 4.69) is 5.32 Å². The van der Waals surface area contributed by atoms with Crippen molar-refractivity contribution in [2.24, 2.45) is 5.41 Å². The van der Waals surface area contributed by atoms with Crippen LogP contribution in [0.15, 0.2) is 0 Å². The summed E-state index contributed by atoms with van der Waals surface area (Å²) in [6.45, 7) is 5.32. The number of amides is 2. The van der Waals surface area contributed by atoms with Crippen LogP contribution in [-0.4, -0.2) is 98.2 Å². The van der Waals surface area contributed by atoms with Gasteiger partial charge in [-0.1, -0.05) is 26.1 Å². The smallest absolute Gasteiger partial charge is 0.282 e. The van der Waals surface area contributed by atoms with Crippen molar-refractivity contribution in [1.29, 1.82) is 0 Å². The Morgan fingerprint density at radius 3 is 2.48 bits per heavy atom. The Morgan fingerprint density at radius 1 is 1.34 bits per heavy atom. The van der Waals surface area contributed by atoms with Crippen molar-refractivity contribution in [3.05, 3.63) is 0 Å². The number of hydrogen-bond donors (Lipinski definition) is 3. The number of rotatable bonds is 1. The maximum absolute atomic E-state index is 13.3. The molecule has 4 fully saturated rings. The van der Waals surface area contributed by atoms with Crippen LogP contribution in [0.2, 0.25) is 0 Å². The molecule has 1 saturated carbocycles. The number of ketones is 1. The Kier molecular flexibility index (Phi) is 4.09. The normalized spacial score (nSPS) is 45.8. The number of carbonyl (C=O) groups excluding carboxylic acids is 3. The van der Waals surface area contributed by atoms with Gasteiger partial charge < -0.3 is 30.1 Å². The number of hydrogen-bond acceptors (Lipinski definition) is 7. The van der Waals surface area contributed by atoms with Gasteiger partial charge in [-0.25, -0.2) is 0 Å². The van der Waals surface area contributed by atoms with Crippen molar-refractivity contribution in [3.63, 3.8) is 0 Å². The Morgan fingerprint density at radius 2 is 1.97 bits per heavy atom. The SMILES string of the molecule is CNC(=O)C12CN(C)C(=S)C(=O)N1C1CC3(OC(C)C(C)(C)C3=O)C(O)C1(O)C2. The number of fused-ring (bicyclic) bond motifs is 3. The summed E-state index contributed by atoms with van der Waals surface area (Å²) in [6.07, 6.45) is -2.35. The summed E-state index contributed by atoms with van der Waals surface area (Å²) in [5.74, 6) is -1.32. The summed E-state index contributed by atoms with van der Waals surface area (Å²) in [5, 5.41) is 25.4. The molecule has 2 amide bonds. The van der Waals surface area contributed by atoms with Crippen molar-refractivity contribution in [3.8, 4) is 0 Å². The van der Waals surface area contributed by atoms with Crippen molar-refractivity contribution in [2.45, 2.75) is 68.6 Å². The van der Waals surface area contributed by atoms with Crippen LogP contribution in [-0.2, 0) is 19.1 Å². The van der Waals surface area contributed by atoms with Crippen LogP contribution in [0.3, 0.4) is 0 Å². The maximum Gasteiger partial charge on any atom is 0.282 e. The minimum atomic E-state index is -1.88. The molecule has 160 valence electrons. The summed E-state index contributed by atoms with van der Waals surface area (Å²) in [6, 6.07) is -0.973. The van der Waals surface area contributed by atoms with E-state index in [0.717, 1.165) is 0 Å². The lowest BCUT2D eigenvalue weighted by atomic mass is 9.75. The van der Waals surface area contributed by atoms with E-state index >= 15 is 0 Å². The molecule has 29 heavy (non-hydrogen) atoms. The molecule has 3 saturated heterocycles. The lowest BCUT2D eigenvalue weighted by Gasteiger charge is -2.46. The number of nitrogens with one attached hydrogen (secondary N) is 1. The van der Waals surface area contributed by atoms with Gasteiger partial charge in [0.2, 0.25) is 5.91 Å². The zero-order valence-electron chi connectivity index (χ0n) is 17.2. The topological polar surface area (TPSA) is 119 Å². The van der Waals surface area contributed by atoms with E-state index in [4.69, 9.17) is 17.0 Å². The Hall–Kier alpha value is -1.62. The Bertz CT molecular complexity index is 848. The van der Waals surface area contributed by atoms with E-state index in [0.29, 0.717) is 0 Å². The fourth-order valence-electron chi connectivity index (χ4n) is 5.81. The van der Waals surface area contributed by atoms with Crippen molar-refractivity contribution in [1.82, 2.24) is 15.1 Å². The van der Waals surface area contributed by atoms with Gasteiger partial charge in [0.15, 0.2) is 16.4 Å². The number of piperazine rings is 1. The predicted molar refractivity (Wildman–Crippen MR) is 105 cm³/mol. The third-order valence-corrected chi connectivity index (χ3v) is 8.09. The highest BCUT2D eigenvalue weighted by molar-refractivity contribution is 7.82. The molecule has 3 heterocycles. The molecule has 6 unspecified atom stereocenters. The first-order valence-electron chi connectivity index (χ1n) is 9.74. The Balaban J connectivity index is 1.84. The third kappa shape index (κ3) is 2.15. The van der Waals surface area contributed by atoms with E-state index in [1.54, 1.807) is 27.8 Å². The number of ether oxygens (including phenoxy) is 1. The minimum absolute atomic E-state index is 0.0246. The zero-order valence-corrected chi connectivity index (χ0v) is 18.0. The van der Waals surface area contributed by atoms with Gasteiger partial charge in [-0.05, 0) is 6.92 Å². The van der Waals surface area contributed by atoms with Crippen LogP contribution in [0.1, 0.15) is 33.6 Å². The van der Waals surface area contributed by atoms with Gasteiger partial charge in [0.25, 0.3) is 5.91 Å². The fourth-order valence-corrected chi connectivity index (χ4v) is 5.97. The summed E-state index contributed by atoms with van der Waals surface area (Å²) >= 11 is 5.24. The van der Waals surface area contributed by atoms with Gasteiger partial charge in [-0.3, -0.25) is 14.4 Å². The lowest BCUT2D eigenvalue weighted by Crippen LogP contribution is -2.70. The van der Waals surface area contributed by atoms with Crippen LogP contribution in [0.4, 0.5) is 0 Å². The first-order chi connectivity index (χ1) is 13.3. The number of Topliss-reactive ketones (excluding diaryl/α,β-unsaturated/α-hetero) is 1. The summed E-state index contributed by atoms with van der Waals surface area (Å²) in [4.78, 5) is 42.2. The van der Waals surface area contributed by atoms with E-state index in [1.165, 1.54) is 16.8 Å². The molecule has 0 aromatic heterocycles. The van der Waals surface area contributed by atoms with Gasteiger partial charge in [-0.15, -0.1) is 0 Å². The molecule has 10 heteroatoms. The number of thiocarbonyl (C=S) groups is 1. The van der Waals surface area contributed by atoms with E-state index in [1.807, 2.05) is 0 Å². The van der Waals surface area contributed by atoms with Crippen molar-refractivity contribution < 1.29 is 29.3 Å². The zero-order chi connectivity index (χ0) is 21.7. The number of aliphatic hydroxyl groups is 2. The number of aliphatic hydroxyl groups excluding tert-OH is 1. The molecule has 0 aromatic carbocycles. The minimum Gasteiger partial charge on any atom is -0.387 e. The van der Waals surface area contributed by atoms with Gasteiger partial charge in [0, 0.05) is 26.9 Å². The first kappa shape index (κ1) is 20.6. The number of nitrogens with zero attached hydrogens (tertiary/aromatic N) is 2. The van der Waals surface area contributed by atoms with Crippen LogP contribution < -0.4 is 5.32 Å². The molecule has 9 nitrogen and oxygen atoms in total. The van der Waals surface area contributed by atoms with Crippen molar-refractivity contribution >= 4 is 34.8 Å². The third-order valence-electron chi connectivity index (χ3n) is 7.61. The molecule has 0 bridgehead atoms. The molecule has 4 aliphatic rings. The van der Waals surface area contributed by atoms with Crippen molar-refractivity contribution in [2.75, 3.05) is 20.6 Å². The molecule has 0 aromatic rings. The highest BCUT2D eigenvalue weighted by Gasteiger charge is 2.79. The maximum atomic E-state index is 13.3. The molecule has 1 aliphatic carbocycles. The standard InChI is InChI=1S/C19H27N3O6S/c1-9-16(2,3)13(24)19(28-9)6-10-18(27,14(19)25)7-17(15(26)20-4)8-21(5)12(29)11(23)22(10)17/h9-10,14,25,27H,6-8H2,1-5H3,(H,20,26). The first-order valence-corrected chi connectivity index (χ1v) is 10.1. The van der Waals surface area contributed by atoms with E-state index in [-0.39, 0.29) is 30.2 Å². The van der Waals surface area contributed by atoms with Crippen LogP contribution in [0.5, 0.6) is 0 Å². The quantitative estimate of drug-likeness (QED) is 0.439. The van der Waals surface area contributed by atoms with E-state index < -0.39 is 52.2 Å². The van der Waals surface area contributed by atoms with Gasteiger partial charge in [-0.2, -0.15) is 0 Å². The molecule has 6 atom stereocenters. The second-order valence-electron chi connectivity index (χ2n) is 9.44. The lowest BCUT2D eigenvalue weighted by molar-refractivity contribution is -0.165. The highest BCUT2D eigenvalue weighted by atomic mass is 32.1. The summed E-state index contributed by atoms with van der Waals surface area (Å²) in [5.41, 5.74) is -5.75. The molecule has 0 radical (unpaired) electrons. The molecular formula is C19H27N3O6S. The average molecular weight is 426 g/mol. The van der Waals surface area contributed by atoms with Gasteiger partial charge >= 0.3 is 0 Å². The number of likely N-dealkylation sites (N-methyl/N-ethyl adjacent to an activating group) is 2. The van der Waals surface area contributed by atoms with Crippen LogP contribution in [0.25, 0.3) is 0 Å². The van der Waals surface area contributed by atoms with E-state index in [9.17, 15) is 24.6 Å². The molecule has 3 aliphatic heterocycles. The molecular weight excluding hydrogens is 398 g/mol. The molecule has 4 rings (SSSR count). The Labute approximate surface area is 174 Å². The highest BCUT2D eigenvalue weighted by Crippen LogP contribution is 2.59. The van der Waals surface area contributed by atoms with Gasteiger partial charge in [0.1, 0.15) is 17.2 Å². The molecule has 1 spiro atoms. The predicted octanol–water partition coefficient (Wildman–Crippen LogP) is -1.41. The summed E-state index contributed by atoms with van der Waals surface area (Å²) in [7, 11) is 3.07. The fraction of sp³-hybridized carbons (Fsp3) is 0.789.